The molecule has 1 aromatic carbocycles. The van der Waals surface area contributed by atoms with E-state index < -0.39 is 5.97 Å². The Morgan fingerprint density at radius 2 is 2.12 bits per heavy atom. The third-order valence-corrected chi connectivity index (χ3v) is 5.16. The molecule has 0 N–H and O–H groups in total. The zero-order valence-electron chi connectivity index (χ0n) is 13.6. The maximum absolute atomic E-state index is 10.8. The molecule has 1 heterocycles. The minimum absolute atomic E-state index is 0. The summed E-state index contributed by atoms with van der Waals surface area (Å²) in [6, 6.07) is 5.54. The number of benzene rings is 1. The van der Waals surface area contributed by atoms with E-state index in [1.165, 1.54) is 42.4 Å². The van der Waals surface area contributed by atoms with Gasteiger partial charge in [-0.2, -0.15) is 0 Å². The molecule has 0 amide bonds. The van der Waals surface area contributed by atoms with Gasteiger partial charge >= 0.3 is 29.6 Å². The predicted molar refractivity (Wildman–Crippen MR) is 88.2 cm³/mol. The fourth-order valence-corrected chi connectivity index (χ4v) is 3.84. The monoisotopic (exact) mass is 373 g/mol. The van der Waals surface area contributed by atoms with Crippen LogP contribution in [0, 0.1) is 5.92 Å². The standard InChI is InChI=1S/C17H18ClNO3S.Na/c18-13-5-6-15(22-9-11-3-1-2-4-11)12(7-13)8-16-19-14(10-23-16)17(20)21;/h5-7,10-11H,1-4,8-9H2,(H,20,21);/q;+1/p-1. The Bertz CT molecular complexity index is 701. The number of aromatic nitrogens is 1. The topological polar surface area (TPSA) is 62.2 Å². The summed E-state index contributed by atoms with van der Waals surface area (Å²) in [6.45, 7) is 0.719. The van der Waals surface area contributed by atoms with Crippen molar-refractivity contribution in [1.29, 1.82) is 0 Å². The van der Waals surface area contributed by atoms with Crippen molar-refractivity contribution < 1.29 is 44.2 Å². The van der Waals surface area contributed by atoms with Gasteiger partial charge in [0, 0.05) is 22.4 Å². The van der Waals surface area contributed by atoms with Crippen molar-refractivity contribution in [3.05, 3.63) is 44.9 Å². The number of halogens is 1. The molecular weight excluding hydrogens is 357 g/mol. The van der Waals surface area contributed by atoms with Crippen molar-refractivity contribution in [2.75, 3.05) is 6.61 Å². The van der Waals surface area contributed by atoms with Gasteiger partial charge in [0.15, 0.2) is 0 Å². The third-order valence-electron chi connectivity index (χ3n) is 4.07. The van der Waals surface area contributed by atoms with Crippen molar-refractivity contribution in [3.8, 4) is 5.75 Å². The maximum Gasteiger partial charge on any atom is 1.00 e. The Hall–Kier alpha value is -0.590. The normalized spacial score (nSPS) is 14.4. The molecular formula is C17H17ClNNaO3S. The molecule has 0 bridgehead atoms. The van der Waals surface area contributed by atoms with E-state index in [0.29, 0.717) is 22.4 Å². The molecule has 0 aliphatic heterocycles. The van der Waals surface area contributed by atoms with Crippen LogP contribution in [0.3, 0.4) is 0 Å². The molecule has 1 fully saturated rings. The van der Waals surface area contributed by atoms with Gasteiger partial charge in [0.1, 0.15) is 5.75 Å². The minimum Gasteiger partial charge on any atom is -0.543 e. The van der Waals surface area contributed by atoms with Gasteiger partial charge in [0.25, 0.3) is 0 Å². The van der Waals surface area contributed by atoms with Gasteiger partial charge in [-0.3, -0.25) is 0 Å². The minimum atomic E-state index is -1.25. The summed E-state index contributed by atoms with van der Waals surface area (Å²) >= 11 is 7.39. The number of thiazole rings is 1. The van der Waals surface area contributed by atoms with Crippen LogP contribution >= 0.6 is 22.9 Å². The van der Waals surface area contributed by atoms with Crippen molar-refractivity contribution in [3.63, 3.8) is 0 Å². The molecule has 4 nitrogen and oxygen atoms in total. The zero-order chi connectivity index (χ0) is 16.2. The number of carbonyl (C=O) groups is 1. The second-order valence-corrected chi connectivity index (χ2v) is 7.18. The van der Waals surface area contributed by atoms with E-state index in [2.05, 4.69) is 4.98 Å². The Kier molecular flexibility index (Phi) is 7.57. The van der Waals surface area contributed by atoms with E-state index >= 15 is 0 Å². The quantitative estimate of drug-likeness (QED) is 0.684. The van der Waals surface area contributed by atoms with Crippen LogP contribution in [-0.4, -0.2) is 17.6 Å². The molecule has 1 aliphatic carbocycles. The molecule has 24 heavy (non-hydrogen) atoms. The molecule has 0 spiro atoms. The maximum atomic E-state index is 10.8. The number of carboxylic acid groups (broad SMARTS) is 1. The average molecular weight is 374 g/mol. The summed E-state index contributed by atoms with van der Waals surface area (Å²) in [7, 11) is 0. The Balaban J connectivity index is 0.00000208. The summed E-state index contributed by atoms with van der Waals surface area (Å²) in [5.41, 5.74) is 0.898. The van der Waals surface area contributed by atoms with Crippen LogP contribution < -0.4 is 39.4 Å². The van der Waals surface area contributed by atoms with Crippen molar-refractivity contribution in [1.82, 2.24) is 4.98 Å². The number of ether oxygens (including phenoxy) is 1. The summed E-state index contributed by atoms with van der Waals surface area (Å²) in [4.78, 5) is 14.9. The first-order valence-electron chi connectivity index (χ1n) is 7.69. The molecule has 1 saturated carbocycles. The van der Waals surface area contributed by atoms with Gasteiger partial charge in [0.2, 0.25) is 0 Å². The second-order valence-electron chi connectivity index (χ2n) is 5.80. The number of hydrogen-bond acceptors (Lipinski definition) is 5. The first kappa shape index (κ1) is 19.7. The van der Waals surface area contributed by atoms with Crippen molar-refractivity contribution in [2.45, 2.75) is 32.1 Å². The molecule has 7 heteroatoms. The molecule has 122 valence electrons. The zero-order valence-corrected chi connectivity index (χ0v) is 17.2. The van der Waals surface area contributed by atoms with Crippen LogP contribution in [0.2, 0.25) is 5.02 Å². The predicted octanol–water partition coefficient (Wildman–Crippen LogP) is 0.324. The molecule has 0 saturated heterocycles. The van der Waals surface area contributed by atoms with Gasteiger partial charge in [-0.05, 0) is 37.0 Å². The Morgan fingerprint density at radius 3 is 2.79 bits per heavy atom. The first-order valence-corrected chi connectivity index (χ1v) is 8.94. The summed E-state index contributed by atoms with van der Waals surface area (Å²) in [6.07, 6.45) is 5.52. The van der Waals surface area contributed by atoms with E-state index in [4.69, 9.17) is 16.3 Å². The molecule has 0 radical (unpaired) electrons. The van der Waals surface area contributed by atoms with Crippen LogP contribution in [0.4, 0.5) is 0 Å². The fraction of sp³-hybridized carbons (Fsp3) is 0.412. The number of carboxylic acids is 1. The van der Waals surface area contributed by atoms with Gasteiger partial charge in [0.05, 0.1) is 23.3 Å². The van der Waals surface area contributed by atoms with E-state index in [0.717, 1.165) is 17.9 Å². The molecule has 2 aromatic rings. The van der Waals surface area contributed by atoms with E-state index in [1.807, 2.05) is 18.2 Å². The number of hydrogen-bond donors (Lipinski definition) is 0. The van der Waals surface area contributed by atoms with E-state index in [-0.39, 0.29) is 35.3 Å². The van der Waals surface area contributed by atoms with Gasteiger partial charge in [-0.15, -0.1) is 11.3 Å². The smallest absolute Gasteiger partial charge is 0.543 e. The number of rotatable bonds is 6. The Morgan fingerprint density at radius 1 is 1.38 bits per heavy atom. The first-order chi connectivity index (χ1) is 11.1. The van der Waals surface area contributed by atoms with E-state index in [9.17, 15) is 9.90 Å². The van der Waals surface area contributed by atoms with Crippen LogP contribution in [0.15, 0.2) is 23.6 Å². The van der Waals surface area contributed by atoms with Crippen LogP contribution in [0.25, 0.3) is 0 Å². The Labute approximate surface area is 172 Å². The average Bonchev–Trinajstić information content (AvgIpc) is 3.18. The number of nitrogens with zero attached hydrogens (tertiary/aromatic N) is 1. The number of aromatic carboxylic acids is 1. The number of carbonyl (C=O) groups excluding carboxylic acids is 1. The molecule has 1 aromatic heterocycles. The third kappa shape index (κ3) is 5.20. The second kappa shape index (κ2) is 9.20. The van der Waals surface area contributed by atoms with Crippen molar-refractivity contribution in [2.24, 2.45) is 5.92 Å². The molecule has 3 rings (SSSR count). The largest absolute Gasteiger partial charge is 1.00 e. The van der Waals surface area contributed by atoms with Gasteiger partial charge < -0.3 is 14.6 Å². The van der Waals surface area contributed by atoms with Crippen LogP contribution in [0.5, 0.6) is 5.75 Å². The van der Waals surface area contributed by atoms with Crippen molar-refractivity contribution >= 4 is 28.9 Å². The van der Waals surface area contributed by atoms with E-state index in [1.54, 1.807) is 0 Å². The van der Waals surface area contributed by atoms with Crippen LogP contribution in [-0.2, 0) is 6.42 Å². The molecule has 0 unspecified atom stereocenters. The van der Waals surface area contributed by atoms with Gasteiger partial charge in [-0.25, -0.2) is 4.98 Å². The summed E-state index contributed by atoms with van der Waals surface area (Å²) < 4.78 is 5.99. The van der Waals surface area contributed by atoms with Crippen LogP contribution in [0.1, 0.15) is 46.7 Å². The summed E-state index contributed by atoms with van der Waals surface area (Å²) in [5.74, 6) is 0.172. The fourth-order valence-electron chi connectivity index (χ4n) is 2.86. The SMILES string of the molecule is O=C([O-])c1csc(Cc2cc(Cl)ccc2OCC2CCCC2)n1.[Na+]. The molecule has 1 aliphatic rings. The molecule has 0 atom stereocenters. The van der Waals surface area contributed by atoms with Gasteiger partial charge in [-0.1, -0.05) is 24.4 Å². The summed E-state index contributed by atoms with van der Waals surface area (Å²) in [5, 5.41) is 13.7.